The van der Waals surface area contributed by atoms with Gasteiger partial charge in [-0.15, -0.1) is 0 Å². The van der Waals surface area contributed by atoms with Crippen LogP contribution in [0, 0.1) is 5.92 Å². The standard InChI is InChI=1S/C23H25NO3/c1-26-23-19-15-9-8-14-18(19)21(25)22(27-23)20(16-10-4-2-5-11-16)24(23)17-12-6-3-7-13-17/h3,6-9,12-16,20,22H,2,4-5,10-11H2,1H3/t20-,22+,23+/m0/s1. The van der Waals surface area contributed by atoms with Gasteiger partial charge in [-0.3, -0.25) is 4.79 Å². The van der Waals surface area contributed by atoms with Crippen molar-refractivity contribution in [3.8, 4) is 0 Å². The number of fused-ring (bicyclic) bond motifs is 4. The molecular weight excluding hydrogens is 338 g/mol. The molecule has 0 N–H and O–H groups in total. The molecule has 3 aliphatic rings. The van der Waals surface area contributed by atoms with E-state index in [1.54, 1.807) is 7.11 Å². The number of methoxy groups -OCH3 is 1. The number of ketones is 1. The summed E-state index contributed by atoms with van der Waals surface area (Å²) in [6, 6.07) is 18.0. The van der Waals surface area contributed by atoms with Crippen molar-refractivity contribution in [3.05, 3.63) is 65.7 Å². The minimum atomic E-state index is -1.04. The van der Waals surface area contributed by atoms with Gasteiger partial charge in [0.25, 0.3) is 5.91 Å². The van der Waals surface area contributed by atoms with E-state index in [0.29, 0.717) is 5.92 Å². The highest BCUT2D eigenvalue weighted by Crippen LogP contribution is 2.52. The van der Waals surface area contributed by atoms with Crippen molar-refractivity contribution in [3.63, 3.8) is 0 Å². The molecule has 0 aromatic heterocycles. The first-order valence-electron chi connectivity index (χ1n) is 9.97. The van der Waals surface area contributed by atoms with Crippen LogP contribution in [-0.2, 0) is 15.4 Å². The summed E-state index contributed by atoms with van der Waals surface area (Å²) in [5.41, 5.74) is 2.59. The number of anilines is 1. The van der Waals surface area contributed by atoms with Crippen molar-refractivity contribution in [2.24, 2.45) is 5.92 Å². The van der Waals surface area contributed by atoms with Gasteiger partial charge in [0.2, 0.25) is 0 Å². The van der Waals surface area contributed by atoms with Gasteiger partial charge in [0.05, 0.1) is 6.04 Å². The second kappa shape index (κ2) is 6.47. The van der Waals surface area contributed by atoms with Gasteiger partial charge < -0.3 is 14.4 Å². The highest BCUT2D eigenvalue weighted by atomic mass is 16.7. The number of ether oxygens (including phenoxy) is 2. The summed E-state index contributed by atoms with van der Waals surface area (Å²) in [4.78, 5) is 15.6. The van der Waals surface area contributed by atoms with E-state index >= 15 is 0 Å². The molecule has 2 bridgehead atoms. The van der Waals surface area contributed by atoms with Crippen molar-refractivity contribution in [2.75, 3.05) is 12.0 Å². The molecule has 140 valence electrons. The molecule has 0 radical (unpaired) electrons. The molecule has 4 nitrogen and oxygen atoms in total. The molecule has 2 heterocycles. The lowest BCUT2D eigenvalue weighted by Crippen LogP contribution is -2.50. The van der Waals surface area contributed by atoms with Crippen LogP contribution in [0.15, 0.2) is 54.6 Å². The third-order valence-corrected chi connectivity index (χ3v) is 6.45. The fraction of sp³-hybridized carbons (Fsp3) is 0.435. The van der Waals surface area contributed by atoms with E-state index in [1.807, 2.05) is 42.5 Å². The largest absolute Gasteiger partial charge is 0.332 e. The smallest absolute Gasteiger partial charge is 0.281 e. The normalized spacial score (nSPS) is 30.4. The van der Waals surface area contributed by atoms with Crippen molar-refractivity contribution in [1.29, 1.82) is 0 Å². The van der Waals surface area contributed by atoms with Crippen LogP contribution in [-0.4, -0.2) is 25.0 Å². The van der Waals surface area contributed by atoms with Crippen LogP contribution >= 0.6 is 0 Å². The van der Waals surface area contributed by atoms with E-state index in [0.717, 1.165) is 29.7 Å². The van der Waals surface area contributed by atoms with Crippen molar-refractivity contribution >= 4 is 11.5 Å². The van der Waals surface area contributed by atoms with Crippen LogP contribution in [0.3, 0.4) is 0 Å². The topological polar surface area (TPSA) is 38.8 Å². The number of rotatable bonds is 3. The zero-order chi connectivity index (χ0) is 18.4. The molecule has 4 heteroatoms. The first-order valence-corrected chi connectivity index (χ1v) is 9.97. The van der Waals surface area contributed by atoms with E-state index < -0.39 is 12.0 Å². The lowest BCUT2D eigenvalue weighted by atomic mass is 9.80. The SMILES string of the molecule is CO[C@@]12O[C@@H](C(=O)c3ccccc31)[C@H](C1CCCCC1)N2c1ccccc1. The molecule has 2 aliphatic heterocycles. The minimum Gasteiger partial charge on any atom is -0.332 e. The van der Waals surface area contributed by atoms with Gasteiger partial charge in [0, 0.05) is 23.9 Å². The fourth-order valence-electron chi connectivity index (χ4n) is 5.28. The fourth-order valence-corrected chi connectivity index (χ4v) is 5.28. The van der Waals surface area contributed by atoms with E-state index in [-0.39, 0.29) is 11.8 Å². The van der Waals surface area contributed by atoms with Gasteiger partial charge in [0.15, 0.2) is 5.78 Å². The maximum atomic E-state index is 13.4. The minimum absolute atomic E-state index is 0.00690. The Bertz CT molecular complexity index is 846. The molecule has 2 fully saturated rings. The summed E-state index contributed by atoms with van der Waals surface area (Å²) < 4.78 is 12.5. The number of para-hydroxylation sites is 1. The number of carbonyl (C=O) groups is 1. The van der Waals surface area contributed by atoms with Crippen molar-refractivity contribution in [1.82, 2.24) is 0 Å². The summed E-state index contributed by atoms with van der Waals surface area (Å²) in [7, 11) is 1.68. The average molecular weight is 363 g/mol. The van der Waals surface area contributed by atoms with E-state index in [2.05, 4.69) is 17.0 Å². The quantitative estimate of drug-likeness (QED) is 0.805. The summed E-state index contributed by atoms with van der Waals surface area (Å²) in [5.74, 6) is -0.523. The zero-order valence-corrected chi connectivity index (χ0v) is 15.6. The lowest BCUT2D eigenvalue weighted by molar-refractivity contribution is -0.215. The number of nitrogens with zero attached hydrogens (tertiary/aromatic N) is 1. The van der Waals surface area contributed by atoms with Crippen LogP contribution in [0.2, 0.25) is 0 Å². The summed E-state index contributed by atoms with van der Waals surface area (Å²) >= 11 is 0. The molecule has 2 aromatic rings. The molecule has 0 amide bonds. The first-order chi connectivity index (χ1) is 13.3. The van der Waals surface area contributed by atoms with Crippen molar-refractivity contribution in [2.45, 2.75) is 50.2 Å². The number of carbonyl (C=O) groups excluding carboxylic acids is 1. The van der Waals surface area contributed by atoms with E-state index in [1.165, 1.54) is 19.3 Å². The molecule has 2 aromatic carbocycles. The first kappa shape index (κ1) is 17.0. The highest BCUT2D eigenvalue weighted by Gasteiger charge is 2.63. The van der Waals surface area contributed by atoms with Crippen molar-refractivity contribution < 1.29 is 14.3 Å². The Labute approximate surface area is 160 Å². The average Bonchev–Trinajstić information content (AvgIpc) is 3.07. The Morgan fingerprint density at radius 1 is 1.00 bits per heavy atom. The Hall–Kier alpha value is -2.17. The Morgan fingerprint density at radius 2 is 1.70 bits per heavy atom. The van der Waals surface area contributed by atoms with E-state index in [4.69, 9.17) is 9.47 Å². The zero-order valence-electron chi connectivity index (χ0n) is 15.6. The maximum absolute atomic E-state index is 13.4. The molecule has 1 saturated carbocycles. The number of hydrogen-bond acceptors (Lipinski definition) is 4. The molecule has 27 heavy (non-hydrogen) atoms. The summed E-state index contributed by atoms with van der Waals surface area (Å²) in [6.45, 7) is 0. The Kier molecular flexibility index (Phi) is 4.06. The molecular formula is C23H25NO3. The summed E-state index contributed by atoms with van der Waals surface area (Å²) in [6.07, 6.45) is 5.51. The van der Waals surface area contributed by atoms with Gasteiger partial charge in [-0.2, -0.15) is 0 Å². The molecule has 5 rings (SSSR count). The van der Waals surface area contributed by atoms with Crippen LogP contribution in [0.4, 0.5) is 5.69 Å². The number of Topliss-reactive ketones (excluding diaryl/α,β-unsaturated/α-hetero) is 1. The molecule has 0 spiro atoms. The predicted octanol–water partition coefficient (Wildman–Crippen LogP) is 4.49. The Morgan fingerprint density at radius 3 is 2.44 bits per heavy atom. The van der Waals surface area contributed by atoms with Crippen LogP contribution in [0.1, 0.15) is 48.0 Å². The molecule has 1 aliphatic carbocycles. The third-order valence-electron chi connectivity index (χ3n) is 6.45. The Balaban J connectivity index is 1.72. The van der Waals surface area contributed by atoms with E-state index in [9.17, 15) is 4.79 Å². The lowest BCUT2D eigenvalue weighted by Gasteiger charge is -2.42. The second-order valence-corrected chi connectivity index (χ2v) is 7.83. The number of hydrogen-bond donors (Lipinski definition) is 0. The molecule has 1 saturated heterocycles. The molecule has 0 unspecified atom stereocenters. The predicted molar refractivity (Wildman–Crippen MR) is 104 cm³/mol. The van der Waals surface area contributed by atoms with Gasteiger partial charge in [0.1, 0.15) is 6.10 Å². The van der Waals surface area contributed by atoms with Gasteiger partial charge in [-0.25, -0.2) is 0 Å². The van der Waals surface area contributed by atoms with Gasteiger partial charge in [-0.05, 0) is 30.9 Å². The van der Waals surface area contributed by atoms with Crippen LogP contribution < -0.4 is 4.90 Å². The highest BCUT2D eigenvalue weighted by molar-refractivity contribution is 6.04. The molecule has 3 atom stereocenters. The third kappa shape index (κ3) is 2.40. The number of benzene rings is 2. The maximum Gasteiger partial charge on any atom is 0.281 e. The van der Waals surface area contributed by atoms with Gasteiger partial charge in [-0.1, -0.05) is 61.7 Å². The monoisotopic (exact) mass is 363 g/mol. The van der Waals surface area contributed by atoms with Crippen LogP contribution in [0.25, 0.3) is 0 Å². The second-order valence-electron chi connectivity index (χ2n) is 7.83. The summed E-state index contributed by atoms with van der Waals surface area (Å²) in [5, 5.41) is 0. The van der Waals surface area contributed by atoms with Crippen LogP contribution in [0.5, 0.6) is 0 Å². The van der Waals surface area contributed by atoms with Gasteiger partial charge >= 0.3 is 0 Å².